The van der Waals surface area contributed by atoms with Crippen molar-refractivity contribution in [2.75, 3.05) is 13.1 Å². The fourth-order valence-corrected chi connectivity index (χ4v) is 4.94. The second-order valence-electron chi connectivity index (χ2n) is 7.63. The number of hydrogen-bond donors (Lipinski definition) is 1. The van der Waals surface area contributed by atoms with Crippen LogP contribution in [0.5, 0.6) is 0 Å². The minimum Gasteiger partial charge on any atom is -0.356 e. The maximum atomic E-state index is 13.6. The second-order valence-corrected chi connectivity index (χ2v) is 8.45. The summed E-state index contributed by atoms with van der Waals surface area (Å²) in [4.78, 5) is 31.6. The predicted octanol–water partition coefficient (Wildman–Crippen LogP) is 3.95. The molecule has 1 aromatic heterocycles. The largest absolute Gasteiger partial charge is 0.356 e. The van der Waals surface area contributed by atoms with E-state index in [1.54, 1.807) is 30.0 Å². The van der Waals surface area contributed by atoms with Crippen LogP contribution in [0.25, 0.3) is 10.9 Å². The quantitative estimate of drug-likeness (QED) is 0.612. The first kappa shape index (κ1) is 19.2. The van der Waals surface area contributed by atoms with Crippen molar-refractivity contribution < 1.29 is 9.59 Å². The monoisotopic (exact) mass is 440 g/mol. The molecule has 1 atom stereocenters. The summed E-state index contributed by atoms with van der Waals surface area (Å²) in [6.07, 6.45) is 2.14. The normalized spacial score (nSPS) is 21.4. The molecule has 2 aliphatic heterocycles. The van der Waals surface area contributed by atoms with Crippen LogP contribution in [0.2, 0.25) is 10.0 Å². The van der Waals surface area contributed by atoms with E-state index in [0.29, 0.717) is 28.6 Å². The lowest BCUT2D eigenvalue weighted by Gasteiger charge is -2.48. The van der Waals surface area contributed by atoms with E-state index in [9.17, 15) is 9.59 Å². The van der Waals surface area contributed by atoms with Crippen molar-refractivity contribution in [1.82, 2.24) is 14.9 Å². The van der Waals surface area contributed by atoms with E-state index in [-0.39, 0.29) is 18.4 Å². The van der Waals surface area contributed by atoms with Crippen LogP contribution >= 0.6 is 23.2 Å². The van der Waals surface area contributed by atoms with Gasteiger partial charge in [0, 0.05) is 23.0 Å². The van der Waals surface area contributed by atoms with Gasteiger partial charge < -0.3 is 9.88 Å². The van der Waals surface area contributed by atoms with E-state index in [1.807, 2.05) is 24.3 Å². The zero-order chi connectivity index (χ0) is 21.0. The number of nitrogens with one attached hydrogen (secondary N) is 1. The summed E-state index contributed by atoms with van der Waals surface area (Å²) >= 11 is 12.4. The average Bonchev–Trinajstić information content (AvgIpc) is 3.11. The standard InChI is InChI=1S/C22H18Cl2N4O2/c1-22-20-14(13-5-2-3-8-18(13)26-20)9-10-27(22)19(29)12-28(21(22)30)25-11-15-16(23)6-4-7-17(15)24/h2-8,11,26H,9-10,12H2,1H3. The first-order valence-corrected chi connectivity index (χ1v) is 10.4. The van der Waals surface area contributed by atoms with Crippen LogP contribution in [-0.4, -0.2) is 46.0 Å². The van der Waals surface area contributed by atoms with Gasteiger partial charge in [0.25, 0.3) is 5.91 Å². The molecule has 1 N–H and O–H groups in total. The zero-order valence-corrected chi connectivity index (χ0v) is 17.7. The molecule has 30 heavy (non-hydrogen) atoms. The van der Waals surface area contributed by atoms with Gasteiger partial charge in [-0.15, -0.1) is 0 Å². The molecule has 5 rings (SSSR count). The Labute approximate surface area is 183 Å². The predicted molar refractivity (Wildman–Crippen MR) is 117 cm³/mol. The molecule has 1 saturated heterocycles. The van der Waals surface area contributed by atoms with Gasteiger partial charge in [-0.2, -0.15) is 5.10 Å². The lowest BCUT2D eigenvalue weighted by atomic mass is 9.83. The lowest BCUT2D eigenvalue weighted by molar-refractivity contribution is -0.165. The number of nitrogens with zero attached hydrogens (tertiary/aromatic N) is 3. The maximum absolute atomic E-state index is 13.6. The second kappa shape index (κ2) is 6.86. The van der Waals surface area contributed by atoms with Crippen LogP contribution in [0.4, 0.5) is 0 Å². The van der Waals surface area contributed by atoms with Crippen molar-refractivity contribution in [1.29, 1.82) is 0 Å². The van der Waals surface area contributed by atoms with Crippen molar-refractivity contribution in [3.63, 3.8) is 0 Å². The molecule has 3 aromatic rings. The van der Waals surface area contributed by atoms with Crippen molar-refractivity contribution in [3.05, 3.63) is 69.3 Å². The minimum absolute atomic E-state index is 0.122. The van der Waals surface area contributed by atoms with E-state index in [2.05, 4.69) is 10.1 Å². The molecular weight excluding hydrogens is 423 g/mol. The smallest absolute Gasteiger partial charge is 0.275 e. The molecule has 3 heterocycles. The molecule has 0 saturated carbocycles. The number of carbonyl (C=O) groups excluding carboxylic acids is 2. The summed E-state index contributed by atoms with van der Waals surface area (Å²) in [7, 11) is 0. The van der Waals surface area contributed by atoms with Gasteiger partial charge >= 0.3 is 0 Å². The fourth-order valence-electron chi connectivity index (χ4n) is 4.45. The average molecular weight is 441 g/mol. The van der Waals surface area contributed by atoms with E-state index < -0.39 is 5.54 Å². The number of amides is 2. The molecule has 2 aliphatic rings. The molecule has 2 aromatic carbocycles. The SMILES string of the molecule is CC12C(=O)N(N=Cc3c(Cl)cccc3Cl)CC(=O)N1CCc1c2[nH]c2ccccc12. The molecular formula is C22H18Cl2N4O2. The van der Waals surface area contributed by atoms with Crippen molar-refractivity contribution >= 4 is 52.1 Å². The number of hydrazone groups is 1. The number of para-hydroxylation sites is 1. The first-order valence-electron chi connectivity index (χ1n) is 9.61. The highest BCUT2D eigenvalue weighted by atomic mass is 35.5. The summed E-state index contributed by atoms with van der Waals surface area (Å²) in [5, 5.41) is 7.43. The Morgan fingerprint density at radius 2 is 1.83 bits per heavy atom. The van der Waals surface area contributed by atoms with E-state index in [0.717, 1.165) is 22.2 Å². The number of carbonyl (C=O) groups is 2. The van der Waals surface area contributed by atoms with Crippen LogP contribution in [0.3, 0.4) is 0 Å². The number of piperazine rings is 1. The summed E-state index contributed by atoms with van der Waals surface area (Å²) in [6.45, 7) is 2.15. The van der Waals surface area contributed by atoms with E-state index in [4.69, 9.17) is 23.2 Å². The Hall–Kier alpha value is -2.83. The molecule has 0 aliphatic carbocycles. The van der Waals surface area contributed by atoms with Gasteiger partial charge in [-0.25, -0.2) is 5.01 Å². The van der Waals surface area contributed by atoms with Gasteiger partial charge in [-0.1, -0.05) is 47.5 Å². The van der Waals surface area contributed by atoms with Crippen LogP contribution in [0.1, 0.15) is 23.7 Å². The number of fused-ring (bicyclic) bond motifs is 5. The van der Waals surface area contributed by atoms with E-state index >= 15 is 0 Å². The molecule has 8 heteroatoms. The van der Waals surface area contributed by atoms with Gasteiger partial charge in [0.2, 0.25) is 5.91 Å². The Morgan fingerprint density at radius 1 is 1.10 bits per heavy atom. The molecule has 0 bridgehead atoms. The van der Waals surface area contributed by atoms with Gasteiger partial charge in [-0.05, 0) is 37.1 Å². The number of rotatable bonds is 2. The molecule has 0 spiro atoms. The molecule has 2 amide bonds. The van der Waals surface area contributed by atoms with E-state index in [1.165, 1.54) is 11.2 Å². The van der Waals surface area contributed by atoms with Crippen LogP contribution in [-0.2, 0) is 21.5 Å². The van der Waals surface area contributed by atoms with Crippen LogP contribution < -0.4 is 0 Å². The third kappa shape index (κ3) is 2.67. The number of hydrogen-bond acceptors (Lipinski definition) is 3. The Balaban J connectivity index is 1.58. The highest BCUT2D eigenvalue weighted by Gasteiger charge is 2.54. The summed E-state index contributed by atoms with van der Waals surface area (Å²) in [5.74, 6) is -0.419. The Bertz CT molecular complexity index is 1210. The number of aromatic nitrogens is 1. The van der Waals surface area contributed by atoms with Crippen molar-refractivity contribution in [2.45, 2.75) is 18.9 Å². The number of benzene rings is 2. The zero-order valence-electron chi connectivity index (χ0n) is 16.2. The molecule has 0 radical (unpaired) electrons. The molecule has 1 unspecified atom stereocenters. The third-order valence-corrected chi connectivity index (χ3v) is 6.65. The third-order valence-electron chi connectivity index (χ3n) is 5.99. The maximum Gasteiger partial charge on any atom is 0.275 e. The van der Waals surface area contributed by atoms with Crippen LogP contribution in [0, 0.1) is 0 Å². The Kier molecular flexibility index (Phi) is 4.38. The summed E-state index contributed by atoms with van der Waals surface area (Å²) < 4.78 is 0. The summed E-state index contributed by atoms with van der Waals surface area (Å²) in [5.41, 5.74) is 2.14. The van der Waals surface area contributed by atoms with Crippen LogP contribution in [0.15, 0.2) is 47.6 Å². The molecule has 1 fully saturated rings. The topological polar surface area (TPSA) is 68.8 Å². The fraction of sp³-hybridized carbons (Fsp3) is 0.227. The van der Waals surface area contributed by atoms with Crippen molar-refractivity contribution in [2.24, 2.45) is 5.10 Å². The van der Waals surface area contributed by atoms with Gasteiger partial charge in [0.1, 0.15) is 6.54 Å². The highest BCUT2D eigenvalue weighted by Crippen LogP contribution is 2.42. The van der Waals surface area contributed by atoms with Crippen molar-refractivity contribution in [3.8, 4) is 0 Å². The van der Waals surface area contributed by atoms with Gasteiger partial charge in [0.15, 0.2) is 5.54 Å². The van der Waals surface area contributed by atoms with Gasteiger partial charge in [-0.3, -0.25) is 9.59 Å². The number of halogens is 2. The summed E-state index contributed by atoms with van der Waals surface area (Å²) in [6, 6.07) is 13.1. The first-order chi connectivity index (χ1) is 14.4. The highest BCUT2D eigenvalue weighted by molar-refractivity contribution is 6.38. The number of H-pyrrole nitrogens is 1. The number of aromatic amines is 1. The minimum atomic E-state index is -1.15. The molecule has 6 nitrogen and oxygen atoms in total. The molecule has 152 valence electrons. The Morgan fingerprint density at radius 3 is 2.60 bits per heavy atom. The van der Waals surface area contributed by atoms with Gasteiger partial charge in [0.05, 0.1) is 22.0 Å². The lowest BCUT2D eigenvalue weighted by Crippen LogP contribution is -2.65.